The lowest BCUT2D eigenvalue weighted by Crippen LogP contribution is -2.09. The molecule has 0 heterocycles. The van der Waals surface area contributed by atoms with Gasteiger partial charge in [0, 0.05) is 5.38 Å². The average Bonchev–Trinajstić information content (AvgIpc) is 2.60. The maximum atomic E-state index is 6.27. The molecule has 1 aromatic carbocycles. The smallest absolute Gasteiger partial charge is 0.0367 e. The van der Waals surface area contributed by atoms with Gasteiger partial charge < -0.3 is 0 Å². The summed E-state index contributed by atoms with van der Waals surface area (Å²) in [6, 6.07) is 9.08. The molecule has 0 N–H and O–H groups in total. The Hall–Kier alpha value is -0.490. The molecule has 0 nitrogen and oxygen atoms in total. The Bertz CT molecular complexity index is 315. The van der Waals surface area contributed by atoms with Gasteiger partial charge in [0.05, 0.1) is 0 Å². The molecule has 1 heteroatoms. The Morgan fingerprint density at radius 2 is 1.87 bits per heavy atom. The van der Waals surface area contributed by atoms with Gasteiger partial charge in [-0.1, -0.05) is 38.1 Å². The molecule has 0 aromatic heterocycles. The Kier molecular flexibility index (Phi) is 3.35. The summed E-state index contributed by atoms with van der Waals surface area (Å²) in [5.74, 6) is 1.30. The van der Waals surface area contributed by atoms with Gasteiger partial charge in [-0.05, 0) is 42.2 Å². The monoisotopic (exact) mass is 222 g/mol. The second-order valence-corrected chi connectivity index (χ2v) is 5.21. The molecule has 15 heavy (non-hydrogen) atoms. The highest BCUT2D eigenvalue weighted by molar-refractivity contribution is 6.21. The number of alkyl halides is 1. The van der Waals surface area contributed by atoms with Crippen LogP contribution in [0.15, 0.2) is 24.3 Å². The topological polar surface area (TPSA) is 0 Å². The van der Waals surface area contributed by atoms with Crippen LogP contribution in [0.3, 0.4) is 0 Å². The highest BCUT2D eigenvalue weighted by atomic mass is 35.5. The van der Waals surface area contributed by atoms with Gasteiger partial charge in [0.15, 0.2) is 0 Å². The summed E-state index contributed by atoms with van der Waals surface area (Å²) < 4.78 is 0. The van der Waals surface area contributed by atoms with Crippen molar-refractivity contribution in [2.45, 2.75) is 44.4 Å². The molecule has 0 amide bonds. The highest BCUT2D eigenvalue weighted by Crippen LogP contribution is 2.41. The van der Waals surface area contributed by atoms with Crippen molar-refractivity contribution in [1.82, 2.24) is 0 Å². The Labute approximate surface area is 97.6 Å². The zero-order chi connectivity index (χ0) is 10.8. The van der Waals surface area contributed by atoms with Gasteiger partial charge in [-0.3, -0.25) is 0 Å². The third-order valence-corrected chi connectivity index (χ3v) is 4.39. The molecule has 1 fully saturated rings. The summed E-state index contributed by atoms with van der Waals surface area (Å²) in [7, 11) is 0. The lowest BCUT2D eigenvalue weighted by atomic mass is 9.89. The lowest BCUT2D eigenvalue weighted by molar-refractivity contribution is 0.537. The molecule has 1 aliphatic carbocycles. The second kappa shape index (κ2) is 4.57. The van der Waals surface area contributed by atoms with E-state index in [0.717, 1.165) is 6.42 Å². The number of aryl methyl sites for hydroxylation is 1. The van der Waals surface area contributed by atoms with E-state index in [1.165, 1.54) is 24.0 Å². The maximum absolute atomic E-state index is 6.27. The van der Waals surface area contributed by atoms with Gasteiger partial charge in [0.25, 0.3) is 0 Å². The van der Waals surface area contributed by atoms with Crippen LogP contribution in [-0.2, 0) is 6.42 Å². The first-order valence-corrected chi connectivity index (χ1v) is 6.39. The first-order chi connectivity index (χ1) is 7.22. The third-order valence-electron chi connectivity index (χ3n) is 3.77. The van der Waals surface area contributed by atoms with Crippen molar-refractivity contribution >= 4 is 11.6 Å². The normalized spacial score (nSPS) is 30.7. The first kappa shape index (κ1) is 11.0. The van der Waals surface area contributed by atoms with Crippen molar-refractivity contribution in [3.63, 3.8) is 0 Å². The summed E-state index contributed by atoms with van der Waals surface area (Å²) >= 11 is 6.27. The minimum atomic E-state index is 0.376. The number of hydrogen-bond acceptors (Lipinski definition) is 0. The predicted octanol–water partition coefficient (Wildman–Crippen LogP) is 4.37. The second-order valence-electron chi connectivity index (χ2n) is 4.65. The molecular formula is C14H19Cl. The van der Waals surface area contributed by atoms with E-state index in [1.54, 1.807) is 0 Å². The molecule has 82 valence electrons. The summed E-state index contributed by atoms with van der Waals surface area (Å²) in [6.45, 7) is 4.48. The van der Waals surface area contributed by atoms with E-state index in [9.17, 15) is 0 Å². The fourth-order valence-electron chi connectivity index (χ4n) is 2.59. The fourth-order valence-corrected chi connectivity index (χ4v) is 2.89. The van der Waals surface area contributed by atoms with Crippen LogP contribution in [0.25, 0.3) is 0 Å². The SMILES string of the molecule is CCc1ccc(C2CCC(Cl)C2C)cc1. The van der Waals surface area contributed by atoms with Gasteiger partial charge in [0.1, 0.15) is 0 Å². The molecule has 0 aliphatic heterocycles. The predicted molar refractivity (Wildman–Crippen MR) is 66.6 cm³/mol. The zero-order valence-electron chi connectivity index (χ0n) is 9.54. The van der Waals surface area contributed by atoms with Crippen LogP contribution in [0.2, 0.25) is 0 Å². The zero-order valence-corrected chi connectivity index (χ0v) is 10.3. The van der Waals surface area contributed by atoms with Crippen LogP contribution in [0.1, 0.15) is 43.7 Å². The van der Waals surface area contributed by atoms with Gasteiger partial charge in [-0.25, -0.2) is 0 Å². The van der Waals surface area contributed by atoms with Crippen LogP contribution in [0, 0.1) is 5.92 Å². The number of rotatable bonds is 2. The molecule has 0 spiro atoms. The molecule has 3 atom stereocenters. The van der Waals surface area contributed by atoms with Gasteiger partial charge in [-0.2, -0.15) is 0 Å². The van der Waals surface area contributed by atoms with Crippen molar-refractivity contribution in [2.75, 3.05) is 0 Å². The Morgan fingerprint density at radius 1 is 1.20 bits per heavy atom. The van der Waals surface area contributed by atoms with Crippen LogP contribution in [0.4, 0.5) is 0 Å². The standard InChI is InChI=1S/C14H19Cl/c1-3-11-4-6-12(7-5-11)13-8-9-14(15)10(13)2/h4-7,10,13-14H,3,8-9H2,1-2H3. The van der Waals surface area contributed by atoms with E-state index < -0.39 is 0 Å². The number of halogens is 1. The highest BCUT2D eigenvalue weighted by Gasteiger charge is 2.32. The molecule has 1 saturated carbocycles. The Balaban J connectivity index is 2.16. The van der Waals surface area contributed by atoms with Gasteiger partial charge in [-0.15, -0.1) is 11.6 Å². The van der Waals surface area contributed by atoms with Crippen molar-refractivity contribution in [3.8, 4) is 0 Å². The van der Waals surface area contributed by atoms with E-state index in [4.69, 9.17) is 11.6 Å². The summed E-state index contributed by atoms with van der Waals surface area (Å²) in [4.78, 5) is 0. The molecule has 1 aliphatic rings. The van der Waals surface area contributed by atoms with E-state index in [0.29, 0.717) is 17.2 Å². The van der Waals surface area contributed by atoms with Crippen molar-refractivity contribution in [1.29, 1.82) is 0 Å². The largest absolute Gasteiger partial charge is 0.123 e. The van der Waals surface area contributed by atoms with Crippen LogP contribution < -0.4 is 0 Å². The first-order valence-electron chi connectivity index (χ1n) is 5.95. The molecule has 0 bridgehead atoms. The van der Waals surface area contributed by atoms with Crippen LogP contribution in [0.5, 0.6) is 0 Å². The minimum absolute atomic E-state index is 0.376. The summed E-state index contributed by atoms with van der Waals surface area (Å²) in [5, 5.41) is 0.376. The van der Waals surface area contributed by atoms with Crippen LogP contribution >= 0.6 is 11.6 Å². The molecule has 0 saturated heterocycles. The van der Waals surface area contributed by atoms with E-state index >= 15 is 0 Å². The summed E-state index contributed by atoms with van der Waals surface area (Å²) in [5.41, 5.74) is 2.90. The van der Waals surface area contributed by atoms with Gasteiger partial charge in [0.2, 0.25) is 0 Å². The van der Waals surface area contributed by atoms with E-state index in [-0.39, 0.29) is 0 Å². The molecule has 0 radical (unpaired) electrons. The Morgan fingerprint density at radius 3 is 2.33 bits per heavy atom. The number of hydrogen-bond donors (Lipinski definition) is 0. The van der Waals surface area contributed by atoms with Crippen LogP contribution in [-0.4, -0.2) is 5.38 Å². The van der Waals surface area contributed by atoms with Crippen molar-refractivity contribution in [2.24, 2.45) is 5.92 Å². The molecule has 1 aromatic rings. The molecular weight excluding hydrogens is 204 g/mol. The fraction of sp³-hybridized carbons (Fsp3) is 0.571. The molecule has 3 unspecified atom stereocenters. The van der Waals surface area contributed by atoms with Crippen molar-refractivity contribution < 1.29 is 0 Å². The summed E-state index contributed by atoms with van der Waals surface area (Å²) in [6.07, 6.45) is 3.54. The third kappa shape index (κ3) is 2.20. The molecule has 2 rings (SSSR count). The average molecular weight is 223 g/mol. The van der Waals surface area contributed by atoms with E-state index in [1.807, 2.05) is 0 Å². The number of benzene rings is 1. The lowest BCUT2D eigenvalue weighted by Gasteiger charge is -2.17. The van der Waals surface area contributed by atoms with Crippen molar-refractivity contribution in [3.05, 3.63) is 35.4 Å². The minimum Gasteiger partial charge on any atom is -0.123 e. The quantitative estimate of drug-likeness (QED) is 0.652. The maximum Gasteiger partial charge on any atom is 0.0367 e. The van der Waals surface area contributed by atoms with E-state index in [2.05, 4.69) is 38.1 Å². The van der Waals surface area contributed by atoms with Gasteiger partial charge >= 0.3 is 0 Å².